The number of esters is 1. The fraction of sp³-hybridized carbons (Fsp3) is 0.600. The molecule has 3 aliphatic rings. The Morgan fingerprint density at radius 2 is 1.88 bits per heavy atom. The van der Waals surface area contributed by atoms with E-state index in [1.54, 1.807) is 0 Å². The number of hydrogen-bond acceptors (Lipinski definition) is 4. The molecule has 142 valence electrons. The average molecular weight is 379 g/mol. The molecule has 2 saturated carbocycles. The molecule has 2 atom stereocenters. The van der Waals surface area contributed by atoms with Gasteiger partial charge in [0.05, 0.1) is 0 Å². The Hall–Kier alpha value is -1.59. The molecule has 5 nitrogen and oxygen atoms in total. The van der Waals surface area contributed by atoms with Crippen LogP contribution in [0.25, 0.3) is 0 Å². The largest absolute Gasteiger partial charge is 0.459 e. The van der Waals surface area contributed by atoms with Crippen LogP contribution in [0.2, 0.25) is 0 Å². The van der Waals surface area contributed by atoms with Crippen LogP contribution in [0.3, 0.4) is 0 Å². The summed E-state index contributed by atoms with van der Waals surface area (Å²) in [5, 5.41) is 6.37. The summed E-state index contributed by atoms with van der Waals surface area (Å²) in [7, 11) is 0. The maximum absolute atomic E-state index is 12.7. The molecule has 1 spiro atoms. The van der Waals surface area contributed by atoms with Crippen LogP contribution < -0.4 is 10.6 Å². The molecule has 1 saturated heterocycles. The van der Waals surface area contributed by atoms with Gasteiger partial charge in [0.15, 0.2) is 0 Å². The monoisotopic (exact) mass is 378 g/mol. The smallest absolute Gasteiger partial charge is 0.329 e. The second-order valence-corrected chi connectivity index (χ2v) is 7.79. The summed E-state index contributed by atoms with van der Waals surface area (Å²) in [6.45, 7) is 2.25. The summed E-state index contributed by atoms with van der Waals surface area (Å²) in [6, 6.07) is 9.18. The second kappa shape index (κ2) is 7.97. The fourth-order valence-corrected chi connectivity index (χ4v) is 4.07. The van der Waals surface area contributed by atoms with Gasteiger partial charge >= 0.3 is 5.97 Å². The summed E-state index contributed by atoms with van der Waals surface area (Å²) >= 11 is 0. The van der Waals surface area contributed by atoms with Gasteiger partial charge in [-0.05, 0) is 62.1 Å². The van der Waals surface area contributed by atoms with E-state index in [2.05, 4.69) is 10.6 Å². The van der Waals surface area contributed by atoms with Crippen LogP contribution in [0, 0.1) is 17.3 Å². The van der Waals surface area contributed by atoms with Crippen LogP contribution in [-0.4, -0.2) is 31.0 Å². The van der Waals surface area contributed by atoms with E-state index in [4.69, 9.17) is 4.74 Å². The Kier molecular flexibility index (Phi) is 5.88. The number of carbonyl (C=O) groups is 2. The Morgan fingerprint density at radius 1 is 1.19 bits per heavy atom. The van der Waals surface area contributed by atoms with Gasteiger partial charge in [0.25, 0.3) is 0 Å². The molecular formula is C20H27ClN2O3. The number of benzene rings is 1. The quantitative estimate of drug-likeness (QED) is 0.746. The lowest BCUT2D eigenvalue weighted by atomic mass is 9.91. The van der Waals surface area contributed by atoms with E-state index in [0.717, 1.165) is 50.8 Å². The number of amides is 1. The molecule has 1 aromatic rings. The van der Waals surface area contributed by atoms with Crippen LogP contribution in [0.4, 0.5) is 0 Å². The van der Waals surface area contributed by atoms with E-state index < -0.39 is 6.04 Å². The van der Waals surface area contributed by atoms with Crippen molar-refractivity contribution in [1.29, 1.82) is 0 Å². The summed E-state index contributed by atoms with van der Waals surface area (Å²) in [5.74, 6) is 0.0860. The third-order valence-electron chi connectivity index (χ3n) is 5.97. The maximum atomic E-state index is 12.7. The molecule has 1 aromatic carbocycles. The highest BCUT2D eigenvalue weighted by atomic mass is 35.5. The molecule has 3 fully saturated rings. The topological polar surface area (TPSA) is 67.4 Å². The average Bonchev–Trinajstić information content (AvgIpc) is 3.56. The minimum absolute atomic E-state index is 0. The lowest BCUT2D eigenvalue weighted by Gasteiger charge is -2.24. The molecule has 0 radical (unpaired) electrons. The first kappa shape index (κ1) is 19.2. The Morgan fingerprint density at radius 3 is 2.54 bits per heavy atom. The van der Waals surface area contributed by atoms with Gasteiger partial charge in [0.1, 0.15) is 12.6 Å². The lowest BCUT2D eigenvalue weighted by Crippen LogP contribution is -2.45. The minimum atomic E-state index is -0.476. The van der Waals surface area contributed by atoms with Gasteiger partial charge in [0, 0.05) is 5.92 Å². The summed E-state index contributed by atoms with van der Waals surface area (Å²) in [5.41, 5.74) is 1.16. The van der Waals surface area contributed by atoms with Crippen LogP contribution in [0.1, 0.15) is 37.7 Å². The third-order valence-corrected chi connectivity index (χ3v) is 5.97. The first-order valence-corrected chi connectivity index (χ1v) is 9.40. The first-order valence-electron chi connectivity index (χ1n) is 9.40. The molecule has 2 N–H and O–H groups in total. The molecular weight excluding hydrogens is 352 g/mol. The van der Waals surface area contributed by atoms with Crippen molar-refractivity contribution in [3.63, 3.8) is 0 Å². The first-order chi connectivity index (χ1) is 12.2. The van der Waals surface area contributed by atoms with Crippen LogP contribution in [-0.2, 0) is 20.9 Å². The van der Waals surface area contributed by atoms with Crippen molar-refractivity contribution in [2.45, 2.75) is 44.8 Å². The molecule has 0 aromatic heterocycles. The number of piperidine rings is 1. The third kappa shape index (κ3) is 4.21. The predicted octanol–water partition coefficient (Wildman–Crippen LogP) is 2.44. The maximum Gasteiger partial charge on any atom is 0.329 e. The fourth-order valence-electron chi connectivity index (χ4n) is 4.07. The zero-order chi connectivity index (χ0) is 17.3. The van der Waals surface area contributed by atoms with Gasteiger partial charge in [-0.1, -0.05) is 30.3 Å². The van der Waals surface area contributed by atoms with Gasteiger partial charge < -0.3 is 15.4 Å². The number of nitrogens with one attached hydrogen (secondary N) is 2. The van der Waals surface area contributed by atoms with Crippen molar-refractivity contribution in [3.8, 4) is 0 Å². The van der Waals surface area contributed by atoms with E-state index >= 15 is 0 Å². The van der Waals surface area contributed by atoms with E-state index in [0.29, 0.717) is 0 Å². The van der Waals surface area contributed by atoms with Gasteiger partial charge in [-0.3, -0.25) is 4.79 Å². The normalized spacial score (nSPS) is 24.2. The standard InChI is InChI=1S/C20H26N2O3.ClH/c23-18(16-12-20(16)8-10-21-11-9-20)22-17(15-6-7-15)19(24)25-13-14-4-2-1-3-5-14;/h1-5,15-17,21H,6-13H2,(H,22,23);1H. The second-order valence-electron chi connectivity index (χ2n) is 7.79. The van der Waals surface area contributed by atoms with Crippen molar-refractivity contribution in [2.75, 3.05) is 13.1 Å². The van der Waals surface area contributed by atoms with Crippen LogP contribution >= 0.6 is 12.4 Å². The number of ether oxygens (including phenoxy) is 1. The number of carbonyl (C=O) groups excluding carboxylic acids is 2. The molecule has 1 heterocycles. The molecule has 6 heteroatoms. The number of rotatable bonds is 6. The summed E-state index contributed by atoms with van der Waals surface area (Å²) in [6.07, 6.45) is 5.09. The molecule has 2 aliphatic carbocycles. The molecule has 26 heavy (non-hydrogen) atoms. The zero-order valence-corrected chi connectivity index (χ0v) is 15.7. The summed E-state index contributed by atoms with van der Waals surface area (Å²) < 4.78 is 5.47. The van der Waals surface area contributed by atoms with E-state index in [-0.39, 0.29) is 48.1 Å². The van der Waals surface area contributed by atoms with E-state index in [1.807, 2.05) is 30.3 Å². The predicted molar refractivity (Wildman–Crippen MR) is 101 cm³/mol. The number of halogens is 1. The van der Waals surface area contributed by atoms with E-state index in [1.165, 1.54) is 0 Å². The SMILES string of the molecule is Cl.O=C(OCc1ccccc1)C(NC(=O)C1CC12CCNCC2)C1CC1. The Balaban J connectivity index is 0.00000196. The van der Waals surface area contributed by atoms with Crippen molar-refractivity contribution in [2.24, 2.45) is 17.3 Å². The molecule has 1 aliphatic heterocycles. The summed E-state index contributed by atoms with van der Waals surface area (Å²) in [4.78, 5) is 25.2. The Labute approximate surface area is 160 Å². The Bertz CT molecular complexity index is 642. The highest BCUT2D eigenvalue weighted by molar-refractivity contribution is 5.88. The van der Waals surface area contributed by atoms with Gasteiger partial charge in [-0.2, -0.15) is 0 Å². The van der Waals surface area contributed by atoms with Crippen LogP contribution in [0.5, 0.6) is 0 Å². The van der Waals surface area contributed by atoms with Gasteiger partial charge in [-0.25, -0.2) is 4.79 Å². The zero-order valence-electron chi connectivity index (χ0n) is 14.9. The molecule has 4 rings (SSSR count). The molecule has 1 amide bonds. The highest BCUT2D eigenvalue weighted by Gasteiger charge is 2.58. The van der Waals surface area contributed by atoms with Crippen molar-refractivity contribution in [3.05, 3.63) is 35.9 Å². The van der Waals surface area contributed by atoms with E-state index in [9.17, 15) is 9.59 Å². The minimum Gasteiger partial charge on any atom is -0.459 e. The van der Waals surface area contributed by atoms with Gasteiger partial charge in [-0.15, -0.1) is 12.4 Å². The van der Waals surface area contributed by atoms with Crippen LogP contribution in [0.15, 0.2) is 30.3 Å². The molecule has 0 bridgehead atoms. The molecule has 2 unspecified atom stereocenters. The van der Waals surface area contributed by atoms with Crippen molar-refractivity contribution in [1.82, 2.24) is 10.6 Å². The van der Waals surface area contributed by atoms with Crippen molar-refractivity contribution < 1.29 is 14.3 Å². The van der Waals surface area contributed by atoms with Crippen molar-refractivity contribution >= 4 is 24.3 Å². The lowest BCUT2D eigenvalue weighted by molar-refractivity contribution is -0.150. The highest BCUT2D eigenvalue weighted by Crippen LogP contribution is 2.58. The number of hydrogen-bond donors (Lipinski definition) is 2. The van der Waals surface area contributed by atoms with Gasteiger partial charge in [0.2, 0.25) is 5.91 Å².